The second-order valence-electron chi connectivity index (χ2n) is 7.73. The molecule has 2 bridgehead atoms. The van der Waals surface area contributed by atoms with E-state index in [1.165, 1.54) is 36.4 Å². The number of nitrogens with one attached hydrogen (secondary N) is 2. The third-order valence-corrected chi connectivity index (χ3v) is 5.75. The van der Waals surface area contributed by atoms with Crippen LogP contribution in [0.15, 0.2) is 48.5 Å². The highest BCUT2D eigenvalue weighted by Crippen LogP contribution is 2.34. The summed E-state index contributed by atoms with van der Waals surface area (Å²) in [6.45, 7) is 0. The van der Waals surface area contributed by atoms with E-state index in [1.807, 2.05) is 4.90 Å². The summed E-state index contributed by atoms with van der Waals surface area (Å²) in [7, 11) is 0. The minimum Gasteiger partial charge on any atom is -0.349 e. The molecule has 2 fully saturated rings. The molecule has 0 spiro atoms. The largest absolute Gasteiger partial charge is 0.349 e. The molecule has 5 nitrogen and oxygen atoms in total. The van der Waals surface area contributed by atoms with Gasteiger partial charge in [-0.1, -0.05) is 0 Å². The van der Waals surface area contributed by atoms with Crippen LogP contribution in [0.3, 0.4) is 0 Å². The van der Waals surface area contributed by atoms with Crippen molar-refractivity contribution in [3.8, 4) is 0 Å². The topological polar surface area (TPSA) is 61.4 Å². The number of benzene rings is 2. The highest BCUT2D eigenvalue weighted by Gasteiger charge is 2.41. The number of fused-ring (bicyclic) bond motifs is 2. The van der Waals surface area contributed by atoms with Gasteiger partial charge in [0.25, 0.3) is 5.91 Å². The number of rotatable bonds is 3. The Morgan fingerprint density at radius 3 is 2.00 bits per heavy atom. The Balaban J connectivity index is 1.40. The van der Waals surface area contributed by atoms with Crippen LogP contribution < -0.4 is 10.6 Å². The standard InChI is InChI=1S/C22H23F2N3O2/c23-15-6-4-14(5-7-15)21(28)25-18-12-19-2-1-3-20(13-18)27(19)22(29)26-17-10-8-16(24)9-11-17/h4-11,18-20H,1-3,12-13H2,(H,25,28)(H,26,29)/t19-,20-/m0/s1. The lowest BCUT2D eigenvalue weighted by Crippen LogP contribution is -2.59. The summed E-state index contributed by atoms with van der Waals surface area (Å²) < 4.78 is 26.1. The van der Waals surface area contributed by atoms with Gasteiger partial charge in [0.1, 0.15) is 11.6 Å². The molecule has 2 aromatic rings. The van der Waals surface area contributed by atoms with Crippen molar-refractivity contribution in [2.24, 2.45) is 0 Å². The second-order valence-corrected chi connectivity index (χ2v) is 7.73. The summed E-state index contributed by atoms with van der Waals surface area (Å²) in [5.41, 5.74) is 0.981. The van der Waals surface area contributed by atoms with E-state index in [4.69, 9.17) is 0 Å². The molecule has 2 heterocycles. The molecule has 2 N–H and O–H groups in total. The number of carbonyl (C=O) groups excluding carboxylic acids is 2. The molecule has 0 radical (unpaired) electrons. The predicted octanol–water partition coefficient (Wildman–Crippen LogP) is 4.31. The van der Waals surface area contributed by atoms with Crippen LogP contribution in [0.4, 0.5) is 19.3 Å². The van der Waals surface area contributed by atoms with Crippen molar-refractivity contribution in [2.45, 2.75) is 50.2 Å². The lowest BCUT2D eigenvalue weighted by Gasteiger charge is -2.48. The SMILES string of the molecule is O=C(NC1C[C@@H]2CCC[C@@H](C1)N2C(=O)Nc1ccc(F)cc1)c1ccc(F)cc1. The number of halogens is 2. The third-order valence-electron chi connectivity index (χ3n) is 5.75. The lowest BCUT2D eigenvalue weighted by atomic mass is 9.82. The fraction of sp³-hybridized carbons (Fsp3) is 0.364. The summed E-state index contributed by atoms with van der Waals surface area (Å²) in [6, 6.07) is 11.1. The zero-order valence-electron chi connectivity index (χ0n) is 15.9. The molecule has 152 valence electrons. The van der Waals surface area contributed by atoms with E-state index in [0.717, 1.165) is 19.3 Å². The minimum absolute atomic E-state index is 0.0299. The van der Waals surface area contributed by atoms with Gasteiger partial charge in [-0.25, -0.2) is 13.6 Å². The molecule has 0 aromatic heterocycles. The van der Waals surface area contributed by atoms with E-state index >= 15 is 0 Å². The van der Waals surface area contributed by atoms with Crippen LogP contribution in [-0.2, 0) is 0 Å². The Labute approximate surface area is 168 Å². The number of carbonyl (C=O) groups is 2. The first-order valence-electron chi connectivity index (χ1n) is 9.91. The average molecular weight is 399 g/mol. The summed E-state index contributed by atoms with van der Waals surface area (Å²) in [6.07, 6.45) is 4.18. The van der Waals surface area contributed by atoms with Gasteiger partial charge in [-0.2, -0.15) is 0 Å². The highest BCUT2D eigenvalue weighted by molar-refractivity contribution is 5.94. The maximum atomic E-state index is 13.1. The average Bonchev–Trinajstić information content (AvgIpc) is 2.69. The Morgan fingerprint density at radius 2 is 1.41 bits per heavy atom. The van der Waals surface area contributed by atoms with Crippen LogP contribution in [0.5, 0.6) is 0 Å². The molecule has 2 saturated heterocycles. The van der Waals surface area contributed by atoms with Crippen molar-refractivity contribution >= 4 is 17.6 Å². The lowest BCUT2D eigenvalue weighted by molar-refractivity contribution is 0.0577. The van der Waals surface area contributed by atoms with Crippen LogP contribution >= 0.6 is 0 Å². The van der Waals surface area contributed by atoms with Crippen molar-refractivity contribution < 1.29 is 18.4 Å². The van der Waals surface area contributed by atoms with Gasteiger partial charge in [0.15, 0.2) is 0 Å². The smallest absolute Gasteiger partial charge is 0.322 e. The first kappa shape index (κ1) is 19.4. The van der Waals surface area contributed by atoms with Gasteiger partial charge >= 0.3 is 6.03 Å². The van der Waals surface area contributed by atoms with Gasteiger partial charge in [0, 0.05) is 29.4 Å². The van der Waals surface area contributed by atoms with Gasteiger partial charge in [-0.05, 0) is 80.6 Å². The summed E-state index contributed by atoms with van der Waals surface area (Å²) in [4.78, 5) is 27.2. The van der Waals surface area contributed by atoms with Gasteiger partial charge < -0.3 is 15.5 Å². The molecule has 2 atom stereocenters. The molecule has 7 heteroatoms. The van der Waals surface area contributed by atoms with E-state index in [-0.39, 0.29) is 41.7 Å². The Morgan fingerprint density at radius 1 is 0.862 bits per heavy atom. The molecular weight excluding hydrogens is 376 g/mol. The molecule has 0 unspecified atom stereocenters. The molecule has 2 aliphatic rings. The van der Waals surface area contributed by atoms with E-state index in [2.05, 4.69) is 10.6 Å². The summed E-state index contributed by atoms with van der Waals surface area (Å²) in [5.74, 6) is -0.952. The van der Waals surface area contributed by atoms with Crippen molar-refractivity contribution in [1.29, 1.82) is 0 Å². The van der Waals surface area contributed by atoms with Crippen LogP contribution in [0.25, 0.3) is 0 Å². The molecule has 3 amide bonds. The molecule has 29 heavy (non-hydrogen) atoms. The Bertz CT molecular complexity index is 872. The number of urea groups is 1. The van der Waals surface area contributed by atoms with E-state index in [9.17, 15) is 18.4 Å². The molecule has 0 saturated carbocycles. The highest BCUT2D eigenvalue weighted by atomic mass is 19.1. The van der Waals surface area contributed by atoms with Crippen LogP contribution in [0.2, 0.25) is 0 Å². The van der Waals surface area contributed by atoms with Gasteiger partial charge in [0.05, 0.1) is 0 Å². The molecule has 2 aliphatic heterocycles. The normalized spacial score (nSPS) is 23.4. The van der Waals surface area contributed by atoms with Crippen LogP contribution in [0.1, 0.15) is 42.5 Å². The van der Waals surface area contributed by atoms with Crippen molar-refractivity contribution in [3.05, 3.63) is 65.7 Å². The summed E-state index contributed by atoms with van der Waals surface area (Å²) >= 11 is 0. The van der Waals surface area contributed by atoms with E-state index in [0.29, 0.717) is 24.1 Å². The molecule has 0 aliphatic carbocycles. The fourth-order valence-corrected chi connectivity index (χ4v) is 4.42. The zero-order valence-corrected chi connectivity index (χ0v) is 15.9. The zero-order chi connectivity index (χ0) is 20.4. The molecule has 2 aromatic carbocycles. The number of piperidine rings is 2. The Hall–Kier alpha value is -2.96. The van der Waals surface area contributed by atoms with Crippen molar-refractivity contribution in [1.82, 2.24) is 10.2 Å². The third kappa shape index (κ3) is 4.39. The number of amides is 3. The maximum Gasteiger partial charge on any atom is 0.322 e. The number of hydrogen-bond acceptors (Lipinski definition) is 2. The van der Waals surface area contributed by atoms with Crippen molar-refractivity contribution in [3.63, 3.8) is 0 Å². The van der Waals surface area contributed by atoms with Crippen LogP contribution in [-0.4, -0.2) is 35.0 Å². The fourth-order valence-electron chi connectivity index (χ4n) is 4.42. The summed E-state index contributed by atoms with van der Waals surface area (Å²) in [5, 5.41) is 5.89. The second kappa shape index (κ2) is 8.19. The monoisotopic (exact) mass is 399 g/mol. The quantitative estimate of drug-likeness (QED) is 0.808. The van der Waals surface area contributed by atoms with E-state index in [1.54, 1.807) is 12.1 Å². The van der Waals surface area contributed by atoms with Crippen molar-refractivity contribution in [2.75, 3.05) is 5.32 Å². The first-order chi connectivity index (χ1) is 14.0. The minimum atomic E-state index is -0.378. The number of anilines is 1. The van der Waals surface area contributed by atoms with Gasteiger partial charge in [-0.15, -0.1) is 0 Å². The molecule has 4 rings (SSSR count). The Kier molecular flexibility index (Phi) is 5.47. The number of nitrogens with zero attached hydrogens (tertiary/aromatic N) is 1. The van der Waals surface area contributed by atoms with Crippen LogP contribution in [0, 0.1) is 11.6 Å². The predicted molar refractivity (Wildman–Crippen MR) is 106 cm³/mol. The maximum absolute atomic E-state index is 13.1. The van der Waals surface area contributed by atoms with E-state index < -0.39 is 0 Å². The number of hydrogen-bond donors (Lipinski definition) is 2. The first-order valence-corrected chi connectivity index (χ1v) is 9.91. The van der Waals surface area contributed by atoms with Gasteiger partial charge in [-0.3, -0.25) is 4.79 Å². The molecular formula is C22H23F2N3O2. The van der Waals surface area contributed by atoms with Gasteiger partial charge in [0.2, 0.25) is 0 Å².